The van der Waals surface area contributed by atoms with Crippen LogP contribution < -0.4 is 11.1 Å². The highest BCUT2D eigenvalue weighted by Crippen LogP contribution is 2.28. The first-order valence-corrected chi connectivity index (χ1v) is 9.42. The second-order valence-corrected chi connectivity index (χ2v) is 8.12. The summed E-state index contributed by atoms with van der Waals surface area (Å²) in [5.41, 5.74) is 0.768. The lowest BCUT2D eigenvalue weighted by molar-refractivity contribution is 0.433. The highest BCUT2D eigenvalue weighted by Gasteiger charge is 2.14. The predicted octanol–water partition coefficient (Wildman–Crippen LogP) is 3.43. The van der Waals surface area contributed by atoms with Gasteiger partial charge in [0.25, 0.3) is 5.89 Å². The van der Waals surface area contributed by atoms with Crippen LogP contribution in [-0.4, -0.2) is 19.7 Å². The standard InChI is InChI=1S/C19H18N4O3S/c1-10(2)9-23-14-6-5-12(8-13(14)20-17(24)19(23)25)16-21-18(26-22-16)15-7-4-11(3)27-15/h4-8,10H,9H2,1-3H3,(H,20,24). The third kappa shape index (κ3) is 3.23. The average Bonchev–Trinajstić information content (AvgIpc) is 3.27. The van der Waals surface area contributed by atoms with Crippen molar-refractivity contribution in [2.75, 3.05) is 0 Å². The molecule has 0 saturated carbocycles. The second-order valence-electron chi connectivity index (χ2n) is 6.83. The lowest BCUT2D eigenvalue weighted by Crippen LogP contribution is -2.37. The minimum absolute atomic E-state index is 0.237. The molecule has 7 nitrogen and oxygen atoms in total. The molecule has 4 aromatic rings. The van der Waals surface area contributed by atoms with Crippen molar-refractivity contribution in [1.29, 1.82) is 0 Å². The number of hydrogen-bond donors (Lipinski definition) is 1. The van der Waals surface area contributed by atoms with Gasteiger partial charge in [0.1, 0.15) is 0 Å². The molecule has 1 N–H and O–H groups in total. The maximum atomic E-state index is 12.2. The topological polar surface area (TPSA) is 93.8 Å². The van der Waals surface area contributed by atoms with E-state index in [1.807, 2.05) is 39.0 Å². The SMILES string of the molecule is Cc1ccc(-c2nc(-c3ccc4c(c3)[nH]c(=O)c(=O)n4CC(C)C)no2)s1. The molecule has 8 heteroatoms. The Morgan fingerprint density at radius 3 is 2.74 bits per heavy atom. The van der Waals surface area contributed by atoms with Crippen LogP contribution in [0.2, 0.25) is 0 Å². The van der Waals surface area contributed by atoms with E-state index in [1.165, 1.54) is 4.57 Å². The molecule has 0 spiro atoms. The van der Waals surface area contributed by atoms with Crippen molar-refractivity contribution in [2.45, 2.75) is 27.3 Å². The van der Waals surface area contributed by atoms with Gasteiger partial charge in [0.2, 0.25) is 5.82 Å². The van der Waals surface area contributed by atoms with Crippen LogP contribution in [0.15, 0.2) is 44.4 Å². The highest BCUT2D eigenvalue weighted by molar-refractivity contribution is 7.15. The number of nitrogens with zero attached hydrogens (tertiary/aromatic N) is 3. The maximum absolute atomic E-state index is 12.2. The fourth-order valence-corrected chi connectivity index (χ4v) is 3.74. The minimum Gasteiger partial charge on any atom is -0.333 e. The van der Waals surface area contributed by atoms with Gasteiger partial charge in [-0.1, -0.05) is 19.0 Å². The van der Waals surface area contributed by atoms with Gasteiger partial charge in [-0.05, 0) is 43.2 Å². The number of fused-ring (bicyclic) bond motifs is 1. The van der Waals surface area contributed by atoms with Crippen LogP contribution in [-0.2, 0) is 6.54 Å². The van der Waals surface area contributed by atoms with E-state index in [0.717, 1.165) is 9.75 Å². The Labute approximate surface area is 158 Å². The summed E-state index contributed by atoms with van der Waals surface area (Å²) in [5, 5.41) is 4.05. The van der Waals surface area contributed by atoms with Crippen LogP contribution in [0.4, 0.5) is 0 Å². The van der Waals surface area contributed by atoms with E-state index in [0.29, 0.717) is 34.9 Å². The summed E-state index contributed by atoms with van der Waals surface area (Å²) >= 11 is 1.58. The normalized spacial score (nSPS) is 11.6. The number of H-pyrrole nitrogens is 1. The molecule has 0 aliphatic carbocycles. The zero-order valence-corrected chi connectivity index (χ0v) is 16.0. The third-order valence-electron chi connectivity index (χ3n) is 4.16. The first kappa shape index (κ1) is 17.4. The Kier molecular flexibility index (Phi) is 4.27. The van der Waals surface area contributed by atoms with Crippen molar-refractivity contribution >= 4 is 22.4 Å². The summed E-state index contributed by atoms with van der Waals surface area (Å²) in [6.07, 6.45) is 0. The number of thiophene rings is 1. The van der Waals surface area contributed by atoms with Crippen LogP contribution >= 0.6 is 11.3 Å². The third-order valence-corrected chi connectivity index (χ3v) is 5.15. The van der Waals surface area contributed by atoms with Gasteiger partial charge in [-0.25, -0.2) is 0 Å². The molecule has 3 aromatic heterocycles. The van der Waals surface area contributed by atoms with E-state index in [4.69, 9.17) is 4.52 Å². The number of aromatic amines is 1. The van der Waals surface area contributed by atoms with E-state index < -0.39 is 11.1 Å². The van der Waals surface area contributed by atoms with Crippen molar-refractivity contribution in [3.05, 3.63) is 55.9 Å². The summed E-state index contributed by atoms with van der Waals surface area (Å²) in [4.78, 5) is 33.4. The molecule has 0 atom stereocenters. The van der Waals surface area contributed by atoms with Crippen LogP contribution in [0.3, 0.4) is 0 Å². The molecule has 0 amide bonds. The molecular weight excluding hydrogens is 364 g/mol. The molecule has 3 heterocycles. The molecule has 0 aliphatic heterocycles. The lowest BCUT2D eigenvalue weighted by Gasteiger charge is -2.12. The quantitative estimate of drug-likeness (QED) is 0.546. The van der Waals surface area contributed by atoms with Gasteiger partial charge < -0.3 is 14.1 Å². The number of benzene rings is 1. The first-order chi connectivity index (χ1) is 12.9. The highest BCUT2D eigenvalue weighted by atomic mass is 32.1. The molecule has 0 radical (unpaired) electrons. The van der Waals surface area contributed by atoms with Crippen LogP contribution in [0.1, 0.15) is 18.7 Å². The molecular formula is C19H18N4O3S. The van der Waals surface area contributed by atoms with Crippen molar-refractivity contribution < 1.29 is 4.52 Å². The molecule has 1 aromatic carbocycles. The predicted molar refractivity (Wildman–Crippen MR) is 105 cm³/mol. The Balaban J connectivity index is 1.80. The van der Waals surface area contributed by atoms with E-state index >= 15 is 0 Å². The largest absolute Gasteiger partial charge is 0.333 e. The minimum atomic E-state index is -0.636. The molecule has 0 fully saturated rings. The molecule has 0 bridgehead atoms. The number of aryl methyl sites for hydroxylation is 1. The number of hydrogen-bond acceptors (Lipinski definition) is 6. The second kappa shape index (κ2) is 6.62. The van der Waals surface area contributed by atoms with Crippen LogP contribution in [0, 0.1) is 12.8 Å². The van der Waals surface area contributed by atoms with E-state index in [2.05, 4.69) is 15.1 Å². The fourth-order valence-electron chi connectivity index (χ4n) is 2.96. The number of nitrogens with one attached hydrogen (secondary N) is 1. The van der Waals surface area contributed by atoms with Gasteiger partial charge in [0, 0.05) is 17.0 Å². The molecule has 0 aliphatic rings. The number of aromatic nitrogens is 4. The molecule has 138 valence electrons. The van der Waals surface area contributed by atoms with Gasteiger partial charge in [-0.3, -0.25) is 9.59 Å². The van der Waals surface area contributed by atoms with Crippen LogP contribution in [0.25, 0.3) is 33.2 Å². The smallest absolute Gasteiger partial charge is 0.316 e. The summed E-state index contributed by atoms with van der Waals surface area (Å²) in [6.45, 7) is 6.49. The van der Waals surface area contributed by atoms with Gasteiger partial charge in [-0.2, -0.15) is 4.98 Å². The Morgan fingerprint density at radius 2 is 2.04 bits per heavy atom. The fraction of sp³-hybridized carbons (Fsp3) is 0.263. The summed E-state index contributed by atoms with van der Waals surface area (Å²) in [5.74, 6) is 1.13. The molecule has 27 heavy (non-hydrogen) atoms. The van der Waals surface area contributed by atoms with Gasteiger partial charge in [-0.15, -0.1) is 11.3 Å². The summed E-state index contributed by atoms with van der Waals surface area (Å²) in [6, 6.07) is 9.33. The average molecular weight is 382 g/mol. The molecule has 4 rings (SSSR count). The van der Waals surface area contributed by atoms with E-state index in [1.54, 1.807) is 23.5 Å². The first-order valence-electron chi connectivity index (χ1n) is 8.60. The summed E-state index contributed by atoms with van der Waals surface area (Å²) < 4.78 is 6.88. The monoisotopic (exact) mass is 382 g/mol. The van der Waals surface area contributed by atoms with Crippen molar-refractivity contribution in [3.63, 3.8) is 0 Å². The molecule has 0 saturated heterocycles. The maximum Gasteiger partial charge on any atom is 0.316 e. The van der Waals surface area contributed by atoms with Gasteiger partial charge in [0.05, 0.1) is 15.9 Å². The van der Waals surface area contributed by atoms with Gasteiger partial charge >= 0.3 is 11.1 Å². The molecule has 0 unspecified atom stereocenters. The Morgan fingerprint density at radius 1 is 1.22 bits per heavy atom. The zero-order chi connectivity index (χ0) is 19.1. The zero-order valence-electron chi connectivity index (χ0n) is 15.1. The van der Waals surface area contributed by atoms with Gasteiger partial charge in [0.15, 0.2) is 0 Å². The Hall–Kier alpha value is -3.00. The Bertz CT molecular complexity index is 1250. The van der Waals surface area contributed by atoms with E-state index in [-0.39, 0.29) is 5.92 Å². The van der Waals surface area contributed by atoms with Crippen molar-refractivity contribution in [3.8, 4) is 22.2 Å². The van der Waals surface area contributed by atoms with Crippen molar-refractivity contribution in [1.82, 2.24) is 19.7 Å². The van der Waals surface area contributed by atoms with E-state index in [9.17, 15) is 9.59 Å². The van der Waals surface area contributed by atoms with Crippen LogP contribution in [0.5, 0.6) is 0 Å². The number of rotatable bonds is 4. The van der Waals surface area contributed by atoms with Crippen molar-refractivity contribution in [2.24, 2.45) is 5.92 Å². The lowest BCUT2D eigenvalue weighted by atomic mass is 10.1. The summed E-state index contributed by atoms with van der Waals surface area (Å²) in [7, 11) is 0.